The second-order valence-corrected chi connectivity index (χ2v) is 3.76. The molecule has 0 aliphatic heterocycles. The highest BCUT2D eigenvalue weighted by atomic mass is 19.4. The molecule has 0 saturated heterocycles. The Morgan fingerprint density at radius 2 is 1.89 bits per heavy atom. The van der Waals surface area contributed by atoms with Gasteiger partial charge in [-0.05, 0) is 6.92 Å². The molecule has 6 nitrogen and oxygen atoms in total. The molecule has 18 heavy (non-hydrogen) atoms. The van der Waals surface area contributed by atoms with Crippen molar-refractivity contribution >= 4 is 12.0 Å². The monoisotopic (exact) mass is 272 g/mol. The number of rotatable bonds is 6. The molecule has 106 valence electrons. The molecule has 9 heteroatoms. The van der Waals surface area contributed by atoms with Crippen LogP contribution in [0.2, 0.25) is 0 Å². The normalized spacial score (nSPS) is 14.7. The number of hydrogen-bond acceptors (Lipinski definition) is 3. The highest BCUT2D eigenvalue weighted by molar-refractivity contribution is 5.74. The van der Waals surface area contributed by atoms with Gasteiger partial charge in [-0.15, -0.1) is 0 Å². The summed E-state index contributed by atoms with van der Waals surface area (Å²) in [6, 6.07) is -1.93. The van der Waals surface area contributed by atoms with E-state index in [2.05, 4.69) is 5.32 Å². The van der Waals surface area contributed by atoms with E-state index < -0.39 is 36.7 Å². The summed E-state index contributed by atoms with van der Waals surface area (Å²) in [6.07, 6.45) is -7.36. The number of aliphatic hydroxyl groups is 1. The number of urea groups is 1. The van der Waals surface area contributed by atoms with E-state index in [1.54, 1.807) is 0 Å². The first kappa shape index (κ1) is 16.5. The molecule has 0 aliphatic rings. The fourth-order valence-electron chi connectivity index (χ4n) is 1.12. The smallest absolute Gasteiger partial charge is 0.391 e. The number of nitrogens with one attached hydrogen (secondary N) is 2. The van der Waals surface area contributed by atoms with E-state index >= 15 is 0 Å². The van der Waals surface area contributed by atoms with E-state index in [9.17, 15) is 22.8 Å². The van der Waals surface area contributed by atoms with E-state index in [0.717, 1.165) is 0 Å². The number of aliphatic hydroxyl groups excluding tert-OH is 1. The Kier molecular flexibility index (Phi) is 6.45. The number of carbonyl (C=O) groups excluding carboxylic acids is 1. The number of carbonyl (C=O) groups is 2. The third kappa shape index (κ3) is 8.62. The Balaban J connectivity index is 3.81. The van der Waals surface area contributed by atoms with Crippen molar-refractivity contribution in [2.45, 2.75) is 38.1 Å². The van der Waals surface area contributed by atoms with Gasteiger partial charge in [0.2, 0.25) is 0 Å². The lowest BCUT2D eigenvalue weighted by atomic mass is 10.2. The molecule has 0 rings (SSSR count). The van der Waals surface area contributed by atoms with Crippen LogP contribution in [0.15, 0.2) is 0 Å². The molecule has 2 amide bonds. The zero-order valence-electron chi connectivity index (χ0n) is 9.62. The molecule has 0 saturated carbocycles. The van der Waals surface area contributed by atoms with Crippen LogP contribution >= 0.6 is 0 Å². The second kappa shape index (κ2) is 7.04. The average molecular weight is 272 g/mol. The summed E-state index contributed by atoms with van der Waals surface area (Å²) >= 11 is 0. The zero-order valence-corrected chi connectivity index (χ0v) is 9.62. The molecule has 0 aromatic carbocycles. The Hall–Kier alpha value is -1.51. The van der Waals surface area contributed by atoms with Crippen molar-refractivity contribution in [2.24, 2.45) is 0 Å². The fourth-order valence-corrected chi connectivity index (χ4v) is 1.12. The minimum atomic E-state index is -4.37. The molecular weight excluding hydrogens is 257 g/mol. The van der Waals surface area contributed by atoms with Gasteiger partial charge < -0.3 is 20.8 Å². The predicted octanol–water partition coefficient (Wildman–Crippen LogP) is 0.462. The van der Waals surface area contributed by atoms with Crippen molar-refractivity contribution in [3.05, 3.63) is 0 Å². The number of halogens is 3. The molecule has 0 aliphatic carbocycles. The highest BCUT2D eigenvalue weighted by Crippen LogP contribution is 2.21. The maximum atomic E-state index is 11.9. The molecule has 0 heterocycles. The topological polar surface area (TPSA) is 98.7 Å². The molecule has 0 fully saturated rings. The molecule has 0 aromatic rings. The van der Waals surface area contributed by atoms with E-state index in [1.165, 1.54) is 6.92 Å². The van der Waals surface area contributed by atoms with Crippen LogP contribution in [0.25, 0.3) is 0 Å². The second-order valence-electron chi connectivity index (χ2n) is 3.76. The standard InChI is InChI=1S/C9H15F3N2O4/c1-5(4-9(10,11)12)14-8(18)13-3-2-6(15)7(16)17/h5-6,15H,2-4H2,1H3,(H,16,17)(H2,13,14,18). The Labute approximate surface area is 101 Å². The Morgan fingerprint density at radius 3 is 2.33 bits per heavy atom. The highest BCUT2D eigenvalue weighted by Gasteiger charge is 2.30. The molecule has 0 spiro atoms. The fraction of sp³-hybridized carbons (Fsp3) is 0.778. The maximum Gasteiger partial charge on any atom is 0.391 e. The van der Waals surface area contributed by atoms with E-state index in [4.69, 9.17) is 10.2 Å². The first-order valence-electron chi connectivity index (χ1n) is 5.14. The van der Waals surface area contributed by atoms with Gasteiger partial charge in [-0.3, -0.25) is 0 Å². The third-order valence-electron chi connectivity index (χ3n) is 1.90. The first-order chi connectivity index (χ1) is 8.11. The summed E-state index contributed by atoms with van der Waals surface area (Å²) in [6.45, 7) is 1.04. The zero-order chi connectivity index (χ0) is 14.3. The van der Waals surface area contributed by atoms with Crippen molar-refractivity contribution < 1.29 is 33.0 Å². The van der Waals surface area contributed by atoms with E-state index in [0.29, 0.717) is 0 Å². The molecule has 0 aromatic heterocycles. The summed E-state index contributed by atoms with van der Waals surface area (Å²) in [5.41, 5.74) is 0. The minimum Gasteiger partial charge on any atom is -0.479 e. The predicted molar refractivity (Wildman–Crippen MR) is 54.9 cm³/mol. The van der Waals surface area contributed by atoms with Gasteiger partial charge in [0.1, 0.15) is 0 Å². The Morgan fingerprint density at radius 1 is 1.33 bits per heavy atom. The van der Waals surface area contributed by atoms with Gasteiger partial charge in [0.25, 0.3) is 0 Å². The van der Waals surface area contributed by atoms with E-state index in [1.807, 2.05) is 5.32 Å². The van der Waals surface area contributed by atoms with Crippen LogP contribution < -0.4 is 10.6 Å². The van der Waals surface area contributed by atoms with Crippen LogP contribution in [0, 0.1) is 0 Å². The molecule has 2 unspecified atom stereocenters. The lowest BCUT2D eigenvalue weighted by molar-refractivity contribution is -0.146. The van der Waals surface area contributed by atoms with Crippen LogP contribution in [0.3, 0.4) is 0 Å². The van der Waals surface area contributed by atoms with Crippen LogP contribution in [0.4, 0.5) is 18.0 Å². The van der Waals surface area contributed by atoms with Gasteiger partial charge in [-0.1, -0.05) is 0 Å². The van der Waals surface area contributed by atoms with Gasteiger partial charge in [0.05, 0.1) is 6.42 Å². The summed E-state index contributed by atoms with van der Waals surface area (Å²) in [7, 11) is 0. The van der Waals surface area contributed by atoms with Crippen LogP contribution in [-0.4, -0.2) is 47.1 Å². The lowest BCUT2D eigenvalue weighted by Crippen LogP contribution is -2.43. The number of hydrogen-bond donors (Lipinski definition) is 4. The molecular formula is C9H15F3N2O4. The van der Waals surface area contributed by atoms with Crippen molar-refractivity contribution in [1.29, 1.82) is 0 Å². The van der Waals surface area contributed by atoms with Gasteiger partial charge in [-0.2, -0.15) is 13.2 Å². The lowest BCUT2D eigenvalue weighted by Gasteiger charge is -2.16. The largest absolute Gasteiger partial charge is 0.479 e. The summed E-state index contributed by atoms with van der Waals surface area (Å²) in [4.78, 5) is 21.3. The van der Waals surface area contributed by atoms with Crippen molar-refractivity contribution in [3.63, 3.8) is 0 Å². The minimum absolute atomic E-state index is 0.155. The van der Waals surface area contributed by atoms with Gasteiger partial charge in [0, 0.05) is 19.0 Å². The van der Waals surface area contributed by atoms with E-state index in [-0.39, 0.29) is 13.0 Å². The molecule has 4 N–H and O–H groups in total. The number of amides is 2. The summed E-state index contributed by atoms with van der Waals surface area (Å²) < 4.78 is 35.8. The molecule has 2 atom stereocenters. The number of carboxylic acids is 1. The van der Waals surface area contributed by atoms with Crippen LogP contribution in [-0.2, 0) is 4.79 Å². The van der Waals surface area contributed by atoms with Crippen molar-refractivity contribution in [2.75, 3.05) is 6.54 Å². The average Bonchev–Trinajstić information content (AvgIpc) is 2.13. The quantitative estimate of drug-likeness (QED) is 0.564. The van der Waals surface area contributed by atoms with Crippen molar-refractivity contribution in [1.82, 2.24) is 10.6 Å². The summed E-state index contributed by atoms with van der Waals surface area (Å²) in [5, 5.41) is 21.4. The van der Waals surface area contributed by atoms with Crippen molar-refractivity contribution in [3.8, 4) is 0 Å². The summed E-state index contributed by atoms with van der Waals surface area (Å²) in [5.74, 6) is -1.43. The van der Waals surface area contributed by atoms with Crippen LogP contribution in [0.5, 0.6) is 0 Å². The van der Waals surface area contributed by atoms with Gasteiger partial charge in [-0.25, -0.2) is 9.59 Å². The number of alkyl halides is 3. The maximum absolute atomic E-state index is 11.9. The van der Waals surface area contributed by atoms with Gasteiger partial charge in [0.15, 0.2) is 6.10 Å². The Bertz CT molecular complexity index is 296. The van der Waals surface area contributed by atoms with Gasteiger partial charge >= 0.3 is 18.2 Å². The molecule has 0 radical (unpaired) electrons. The SMILES string of the molecule is CC(CC(F)(F)F)NC(=O)NCCC(O)C(=O)O. The number of carboxylic acid groups (broad SMARTS) is 1. The number of aliphatic carboxylic acids is 1. The molecule has 0 bridgehead atoms. The third-order valence-corrected chi connectivity index (χ3v) is 1.90. The first-order valence-corrected chi connectivity index (χ1v) is 5.14. The van der Waals surface area contributed by atoms with Crippen LogP contribution in [0.1, 0.15) is 19.8 Å².